The summed E-state index contributed by atoms with van der Waals surface area (Å²) in [5.41, 5.74) is 9.45. The molecule has 6 heterocycles. The van der Waals surface area contributed by atoms with E-state index in [0.717, 1.165) is 65.1 Å². The molecular formula is C46H28Cl2N8S2. The zero-order valence-corrected chi connectivity index (χ0v) is 34.0. The Labute approximate surface area is 350 Å². The van der Waals surface area contributed by atoms with Gasteiger partial charge in [-0.15, -0.1) is 22.7 Å². The number of pyridine rings is 2. The van der Waals surface area contributed by atoms with Gasteiger partial charge < -0.3 is 0 Å². The van der Waals surface area contributed by atoms with Crippen LogP contribution in [-0.4, -0.2) is 29.1 Å². The molecule has 58 heavy (non-hydrogen) atoms. The summed E-state index contributed by atoms with van der Waals surface area (Å²) in [6, 6.07) is 36.7. The van der Waals surface area contributed by atoms with Crippen LogP contribution in [0.15, 0.2) is 120 Å². The molecule has 0 fully saturated rings. The fourth-order valence-corrected chi connectivity index (χ4v) is 10.1. The van der Waals surface area contributed by atoms with E-state index in [1.165, 1.54) is 0 Å². The van der Waals surface area contributed by atoms with Crippen molar-refractivity contribution in [2.75, 3.05) is 0 Å². The summed E-state index contributed by atoms with van der Waals surface area (Å²) in [5, 5.41) is 28.6. The molecule has 2 atom stereocenters. The van der Waals surface area contributed by atoms with E-state index in [-0.39, 0.29) is 0 Å². The smallest absolute Gasteiger partial charge is 0.111 e. The first-order valence-electron chi connectivity index (χ1n) is 18.3. The minimum atomic E-state index is -0.922. The van der Waals surface area contributed by atoms with Gasteiger partial charge in [0.2, 0.25) is 0 Å². The lowest BCUT2D eigenvalue weighted by molar-refractivity contribution is 0.753. The first kappa shape index (κ1) is 36.0. The second-order valence-corrected chi connectivity index (χ2v) is 16.7. The summed E-state index contributed by atoms with van der Waals surface area (Å²) in [5.74, 6) is -0.407. The Hall–Kier alpha value is -6.40. The number of thiophene rings is 2. The van der Waals surface area contributed by atoms with Crippen LogP contribution in [0.1, 0.15) is 34.6 Å². The minimum Gasteiger partial charge on any atom is -0.294 e. The van der Waals surface area contributed by atoms with Gasteiger partial charge in [0.05, 0.1) is 79.9 Å². The van der Waals surface area contributed by atoms with Crippen molar-refractivity contribution in [2.24, 2.45) is 0 Å². The SMILES string of the molecule is Cc1nc2cnc3ccc(-c4cccs4)cc3c2n1-c1ccc(C(C#N)C(C#N)c2cccc(Cl)c2-n2c(C)nc3cnc4ccc(-c5cccs5)cc4c32)cc1Cl. The van der Waals surface area contributed by atoms with Crippen molar-refractivity contribution >= 4 is 89.7 Å². The van der Waals surface area contributed by atoms with Gasteiger partial charge in [-0.1, -0.05) is 65.7 Å². The minimum absolute atomic E-state index is 0.416. The lowest BCUT2D eigenvalue weighted by Gasteiger charge is -2.22. The number of aryl methyl sites for hydroxylation is 2. The third-order valence-corrected chi connectivity index (χ3v) is 13.1. The molecule has 12 heteroatoms. The van der Waals surface area contributed by atoms with Gasteiger partial charge >= 0.3 is 0 Å². The van der Waals surface area contributed by atoms with Gasteiger partial charge in [0.1, 0.15) is 22.7 Å². The molecule has 2 unspecified atom stereocenters. The highest BCUT2D eigenvalue weighted by Crippen LogP contribution is 2.43. The quantitative estimate of drug-likeness (QED) is 0.158. The summed E-state index contributed by atoms with van der Waals surface area (Å²) in [7, 11) is 0. The van der Waals surface area contributed by atoms with Crippen LogP contribution in [0.3, 0.4) is 0 Å². The van der Waals surface area contributed by atoms with Gasteiger partial charge in [-0.3, -0.25) is 19.1 Å². The molecular weight excluding hydrogens is 800 g/mol. The number of para-hydroxylation sites is 1. The van der Waals surface area contributed by atoms with E-state index in [2.05, 4.69) is 59.3 Å². The molecule has 0 saturated heterocycles. The van der Waals surface area contributed by atoms with Gasteiger partial charge in [0.15, 0.2) is 0 Å². The maximum Gasteiger partial charge on any atom is 0.111 e. The first-order chi connectivity index (χ1) is 28.3. The number of aromatic nitrogens is 6. The third-order valence-electron chi connectivity index (χ3n) is 10.7. The van der Waals surface area contributed by atoms with Crippen LogP contribution in [0, 0.1) is 36.5 Å². The fourth-order valence-electron chi connectivity index (χ4n) is 8.08. The molecule has 0 aliphatic carbocycles. The Kier molecular flexibility index (Phi) is 8.81. The molecule has 8 nitrogen and oxygen atoms in total. The molecule has 0 saturated carbocycles. The number of imidazole rings is 2. The van der Waals surface area contributed by atoms with Crippen LogP contribution >= 0.6 is 45.9 Å². The molecule has 0 amide bonds. The van der Waals surface area contributed by atoms with Gasteiger partial charge in [0, 0.05) is 20.5 Å². The zero-order chi connectivity index (χ0) is 39.7. The third kappa shape index (κ3) is 5.76. The summed E-state index contributed by atoms with van der Waals surface area (Å²) in [4.78, 5) is 21.5. The highest BCUT2D eigenvalue weighted by Gasteiger charge is 2.31. The standard InChI is InChI=1S/C46H28Cl2N8S2/c1-25-53-39-23-51-37-13-10-28(42-8-4-16-57-42)18-31(37)45(39)55(25)41-15-12-27(20-36(41)48)33(21-49)34(22-50)30-6-3-7-35(47)44(30)56-26(2)54-40-24-52-38-14-11-29(19-32(38)46(40)56)43-9-5-17-58-43/h3-20,23-24,33-34H,1-2H3. The monoisotopic (exact) mass is 826 g/mol. The Balaban J connectivity index is 1.09. The number of fused-ring (bicyclic) bond motifs is 6. The molecule has 0 radical (unpaired) electrons. The largest absolute Gasteiger partial charge is 0.294 e. The fraction of sp³-hybridized carbons (Fsp3) is 0.0870. The summed E-state index contributed by atoms with van der Waals surface area (Å²) >= 11 is 17.6. The number of nitrogens with zero attached hydrogens (tertiary/aromatic N) is 8. The Morgan fingerprint density at radius 1 is 0.603 bits per heavy atom. The molecule has 0 aliphatic rings. The lowest BCUT2D eigenvalue weighted by Crippen LogP contribution is -2.13. The van der Waals surface area contributed by atoms with E-state index in [0.29, 0.717) is 43.9 Å². The highest BCUT2D eigenvalue weighted by atomic mass is 35.5. The number of nitriles is 2. The number of hydrogen-bond donors (Lipinski definition) is 0. The topological polar surface area (TPSA) is 109 Å². The summed E-state index contributed by atoms with van der Waals surface area (Å²) in [6.07, 6.45) is 3.55. The highest BCUT2D eigenvalue weighted by molar-refractivity contribution is 7.13. The van der Waals surface area contributed by atoms with Crippen LogP contribution in [0.2, 0.25) is 10.0 Å². The van der Waals surface area contributed by atoms with Gasteiger partial charge in [-0.2, -0.15) is 10.5 Å². The second-order valence-electron chi connectivity index (χ2n) is 14.0. The van der Waals surface area contributed by atoms with Crippen molar-refractivity contribution in [2.45, 2.75) is 25.7 Å². The number of benzene rings is 4. The predicted octanol–water partition coefficient (Wildman–Crippen LogP) is 12.8. The molecule has 10 rings (SSSR count). The summed E-state index contributed by atoms with van der Waals surface area (Å²) in [6.45, 7) is 3.85. The van der Waals surface area contributed by atoms with Crippen molar-refractivity contribution < 1.29 is 0 Å². The van der Waals surface area contributed by atoms with Crippen molar-refractivity contribution in [1.29, 1.82) is 10.5 Å². The Morgan fingerprint density at radius 3 is 1.74 bits per heavy atom. The van der Waals surface area contributed by atoms with Crippen molar-refractivity contribution in [1.82, 2.24) is 29.1 Å². The first-order valence-corrected chi connectivity index (χ1v) is 20.9. The lowest BCUT2D eigenvalue weighted by atomic mass is 9.82. The van der Waals surface area contributed by atoms with Crippen molar-refractivity contribution in [3.63, 3.8) is 0 Å². The summed E-state index contributed by atoms with van der Waals surface area (Å²) < 4.78 is 4.04. The van der Waals surface area contributed by atoms with Crippen molar-refractivity contribution in [3.05, 3.63) is 153 Å². The molecule has 278 valence electrons. The van der Waals surface area contributed by atoms with Crippen LogP contribution in [0.5, 0.6) is 0 Å². The Bertz CT molecular complexity index is 3330. The Morgan fingerprint density at radius 2 is 1.19 bits per heavy atom. The van der Waals surface area contributed by atoms with Gasteiger partial charge in [-0.25, -0.2) is 9.97 Å². The average Bonchev–Trinajstić information content (AvgIpc) is 4.07. The molecule has 6 aromatic heterocycles. The van der Waals surface area contributed by atoms with E-state index in [1.807, 2.05) is 71.5 Å². The van der Waals surface area contributed by atoms with Crippen molar-refractivity contribution in [3.8, 4) is 44.4 Å². The average molecular weight is 828 g/mol. The van der Waals surface area contributed by atoms with Gasteiger partial charge in [-0.05, 0) is 101 Å². The molecule has 10 aromatic rings. The number of rotatable bonds is 7. The van der Waals surface area contributed by atoms with Gasteiger partial charge in [0.25, 0.3) is 0 Å². The molecule has 0 spiro atoms. The molecule has 0 bridgehead atoms. The second kappa shape index (κ2) is 14.2. The van der Waals surface area contributed by atoms with E-state index in [4.69, 9.17) is 43.1 Å². The van der Waals surface area contributed by atoms with E-state index in [9.17, 15) is 10.5 Å². The van der Waals surface area contributed by atoms with E-state index in [1.54, 1.807) is 47.2 Å². The van der Waals surface area contributed by atoms with Crippen LogP contribution in [0.4, 0.5) is 0 Å². The maximum atomic E-state index is 10.9. The predicted molar refractivity (Wildman–Crippen MR) is 236 cm³/mol. The molecule has 0 aliphatic heterocycles. The van der Waals surface area contributed by atoms with E-state index < -0.39 is 11.8 Å². The van der Waals surface area contributed by atoms with Crippen LogP contribution in [0.25, 0.3) is 76.1 Å². The van der Waals surface area contributed by atoms with Crippen LogP contribution < -0.4 is 0 Å². The molecule has 0 N–H and O–H groups in total. The number of hydrogen-bond acceptors (Lipinski definition) is 8. The maximum absolute atomic E-state index is 10.9. The molecule has 4 aromatic carbocycles. The normalized spacial score (nSPS) is 12.7. The van der Waals surface area contributed by atoms with Crippen LogP contribution in [-0.2, 0) is 0 Å². The number of halogens is 2. The van der Waals surface area contributed by atoms with E-state index >= 15 is 0 Å². The zero-order valence-electron chi connectivity index (χ0n) is 30.9.